The molecule has 4 rings (SSSR count). The van der Waals surface area contributed by atoms with Gasteiger partial charge in [0.1, 0.15) is 23.2 Å². The van der Waals surface area contributed by atoms with Gasteiger partial charge in [-0.1, -0.05) is 31.4 Å². The van der Waals surface area contributed by atoms with Gasteiger partial charge in [-0.15, -0.1) is 11.3 Å². The third kappa shape index (κ3) is 6.00. The number of carbonyl (C=O) groups excluding carboxylic acids is 2. The third-order valence-electron chi connectivity index (χ3n) is 6.29. The lowest BCUT2D eigenvalue weighted by atomic mass is 9.94. The van der Waals surface area contributed by atoms with Crippen LogP contribution < -0.4 is 14.8 Å². The Hall–Kier alpha value is -3.39. The second-order valence-corrected chi connectivity index (χ2v) is 9.61. The molecule has 35 heavy (non-hydrogen) atoms. The first-order valence-electron chi connectivity index (χ1n) is 11.9. The Morgan fingerprint density at radius 3 is 2.57 bits per heavy atom. The molecule has 1 atom stereocenters. The Labute approximate surface area is 210 Å². The summed E-state index contributed by atoms with van der Waals surface area (Å²) in [6.45, 7) is 0.260. The number of benzene rings is 1. The van der Waals surface area contributed by atoms with Gasteiger partial charge in [-0.25, -0.2) is 0 Å². The topological polar surface area (TPSA) is 80.8 Å². The van der Waals surface area contributed by atoms with Gasteiger partial charge < -0.3 is 19.7 Å². The molecule has 0 aliphatic heterocycles. The molecule has 1 N–H and O–H groups in total. The van der Waals surface area contributed by atoms with Crippen LogP contribution in [0.2, 0.25) is 0 Å². The highest BCUT2D eigenvalue weighted by Gasteiger charge is 2.36. The summed E-state index contributed by atoms with van der Waals surface area (Å²) in [7, 11) is 3.14. The van der Waals surface area contributed by atoms with Gasteiger partial charge in [-0.3, -0.25) is 14.6 Å². The fourth-order valence-corrected chi connectivity index (χ4v) is 5.22. The zero-order valence-electron chi connectivity index (χ0n) is 20.1. The second kappa shape index (κ2) is 11.8. The quantitative estimate of drug-likeness (QED) is 0.454. The first kappa shape index (κ1) is 24.7. The number of methoxy groups -OCH3 is 2. The van der Waals surface area contributed by atoms with Crippen LogP contribution in [0.15, 0.2) is 60.1 Å². The van der Waals surface area contributed by atoms with E-state index in [1.54, 1.807) is 61.7 Å². The number of ether oxygens (including phenoxy) is 2. The minimum Gasteiger partial charge on any atom is -0.497 e. The van der Waals surface area contributed by atoms with Gasteiger partial charge in [-0.2, -0.15) is 0 Å². The molecule has 0 saturated heterocycles. The number of nitrogens with zero attached hydrogens (tertiary/aromatic N) is 2. The number of hydrogen-bond acceptors (Lipinski definition) is 6. The molecule has 0 spiro atoms. The molecule has 3 aromatic rings. The van der Waals surface area contributed by atoms with E-state index in [2.05, 4.69) is 10.3 Å². The summed E-state index contributed by atoms with van der Waals surface area (Å²) in [6.07, 6.45) is 6.81. The van der Waals surface area contributed by atoms with Crippen LogP contribution in [0.4, 0.5) is 0 Å². The van der Waals surface area contributed by atoms with Crippen LogP contribution in [0.25, 0.3) is 0 Å². The Bertz CT molecular complexity index is 1110. The Morgan fingerprint density at radius 1 is 1.09 bits per heavy atom. The van der Waals surface area contributed by atoms with Crippen LogP contribution >= 0.6 is 11.3 Å². The molecule has 1 aromatic carbocycles. The first-order valence-corrected chi connectivity index (χ1v) is 12.8. The van der Waals surface area contributed by atoms with Gasteiger partial charge in [-0.05, 0) is 54.6 Å². The van der Waals surface area contributed by atoms with Crippen LogP contribution in [0.1, 0.15) is 59.1 Å². The van der Waals surface area contributed by atoms with Crippen molar-refractivity contribution >= 4 is 23.2 Å². The molecule has 7 nitrogen and oxygen atoms in total. The van der Waals surface area contributed by atoms with Crippen molar-refractivity contribution in [3.63, 3.8) is 0 Å². The van der Waals surface area contributed by atoms with E-state index < -0.39 is 6.04 Å². The monoisotopic (exact) mass is 493 g/mol. The van der Waals surface area contributed by atoms with Gasteiger partial charge >= 0.3 is 0 Å². The lowest BCUT2D eigenvalue weighted by Gasteiger charge is -2.33. The van der Waals surface area contributed by atoms with Gasteiger partial charge in [0, 0.05) is 22.7 Å². The molecule has 1 aliphatic carbocycles. The Kier molecular flexibility index (Phi) is 8.36. The average Bonchev–Trinajstić information content (AvgIpc) is 3.42. The maximum absolute atomic E-state index is 14.0. The molecule has 2 heterocycles. The van der Waals surface area contributed by atoms with Crippen molar-refractivity contribution in [1.82, 2.24) is 15.2 Å². The molecule has 0 bridgehead atoms. The number of aromatic nitrogens is 1. The van der Waals surface area contributed by atoms with Crippen LogP contribution in [0.3, 0.4) is 0 Å². The minimum atomic E-state index is -0.932. The third-order valence-corrected chi connectivity index (χ3v) is 7.16. The maximum atomic E-state index is 14.0. The number of rotatable bonds is 9. The van der Waals surface area contributed by atoms with Crippen LogP contribution in [0.5, 0.6) is 11.5 Å². The molecule has 8 heteroatoms. The number of carbonyl (C=O) groups is 2. The Morgan fingerprint density at radius 2 is 1.91 bits per heavy atom. The minimum absolute atomic E-state index is 0.0869. The highest BCUT2D eigenvalue weighted by Crippen LogP contribution is 2.35. The van der Waals surface area contributed by atoms with E-state index in [4.69, 9.17) is 9.47 Å². The van der Waals surface area contributed by atoms with Crippen molar-refractivity contribution in [1.29, 1.82) is 0 Å². The van der Waals surface area contributed by atoms with Crippen LogP contribution in [-0.2, 0) is 11.3 Å². The standard InChI is InChI=1S/C27H31N3O4S/c1-33-20-13-14-24(34-2)22(17-20)25(26(31)29-19-9-4-3-5-10-19)30(18-21-11-8-16-35-21)27(32)23-12-6-7-15-28-23/h6-8,11-17,19,25H,3-5,9-10,18H2,1-2H3,(H,29,31)/t25-/m0/s1. The van der Waals surface area contributed by atoms with E-state index >= 15 is 0 Å². The van der Waals surface area contributed by atoms with Gasteiger partial charge in [0.2, 0.25) is 5.91 Å². The lowest BCUT2D eigenvalue weighted by Crippen LogP contribution is -2.47. The molecule has 2 amide bonds. The number of amides is 2. The summed E-state index contributed by atoms with van der Waals surface area (Å²) >= 11 is 1.54. The first-order chi connectivity index (χ1) is 17.1. The number of pyridine rings is 1. The zero-order valence-corrected chi connectivity index (χ0v) is 20.9. The van der Waals surface area contributed by atoms with E-state index in [-0.39, 0.29) is 30.1 Å². The van der Waals surface area contributed by atoms with Crippen molar-refractivity contribution in [2.75, 3.05) is 14.2 Å². The molecule has 0 radical (unpaired) electrons. The fraction of sp³-hybridized carbons (Fsp3) is 0.370. The zero-order chi connectivity index (χ0) is 24.6. The smallest absolute Gasteiger partial charge is 0.273 e. The van der Waals surface area contributed by atoms with Crippen LogP contribution in [0, 0.1) is 0 Å². The molecule has 184 valence electrons. The molecule has 1 aliphatic rings. The number of thiophene rings is 1. The normalized spacial score (nSPS) is 14.7. The highest BCUT2D eigenvalue weighted by atomic mass is 32.1. The van der Waals surface area contributed by atoms with Crippen molar-refractivity contribution in [2.45, 2.75) is 50.7 Å². The Balaban J connectivity index is 1.80. The number of hydrogen-bond donors (Lipinski definition) is 1. The van der Waals surface area contributed by atoms with Crippen molar-refractivity contribution in [3.8, 4) is 11.5 Å². The summed E-state index contributed by atoms with van der Waals surface area (Å²) < 4.78 is 11.1. The lowest BCUT2D eigenvalue weighted by molar-refractivity contribution is -0.127. The average molecular weight is 494 g/mol. The molecule has 2 aromatic heterocycles. The number of nitrogens with one attached hydrogen (secondary N) is 1. The van der Waals surface area contributed by atoms with E-state index in [9.17, 15) is 9.59 Å². The maximum Gasteiger partial charge on any atom is 0.273 e. The summed E-state index contributed by atoms with van der Waals surface area (Å²) in [5, 5.41) is 5.19. The van der Waals surface area contributed by atoms with E-state index in [0.29, 0.717) is 17.1 Å². The van der Waals surface area contributed by atoms with Crippen molar-refractivity contribution in [3.05, 3.63) is 76.2 Å². The molecule has 1 saturated carbocycles. The van der Waals surface area contributed by atoms with Crippen LogP contribution in [-0.4, -0.2) is 42.0 Å². The summed E-state index contributed by atoms with van der Waals surface area (Å²) in [6, 6.07) is 13.6. The second-order valence-electron chi connectivity index (χ2n) is 8.58. The summed E-state index contributed by atoms with van der Waals surface area (Å²) in [5.41, 5.74) is 0.849. The fourth-order valence-electron chi connectivity index (χ4n) is 4.52. The van der Waals surface area contributed by atoms with Crippen molar-refractivity contribution in [2.24, 2.45) is 0 Å². The van der Waals surface area contributed by atoms with Gasteiger partial charge in [0.15, 0.2) is 0 Å². The van der Waals surface area contributed by atoms with E-state index in [1.807, 2.05) is 17.5 Å². The summed E-state index contributed by atoms with van der Waals surface area (Å²) in [4.78, 5) is 34.7. The molecular weight excluding hydrogens is 462 g/mol. The SMILES string of the molecule is COc1ccc(OC)c([C@@H](C(=O)NC2CCCCC2)N(Cc2cccs2)C(=O)c2ccccn2)c1. The molecule has 0 unspecified atom stereocenters. The van der Waals surface area contributed by atoms with Crippen molar-refractivity contribution < 1.29 is 19.1 Å². The molecule has 1 fully saturated rings. The summed E-state index contributed by atoms with van der Waals surface area (Å²) in [5.74, 6) is 0.536. The largest absolute Gasteiger partial charge is 0.497 e. The highest BCUT2D eigenvalue weighted by molar-refractivity contribution is 7.09. The van der Waals surface area contributed by atoms with Gasteiger partial charge in [0.25, 0.3) is 5.91 Å². The molecular formula is C27H31N3O4S. The van der Waals surface area contributed by atoms with Gasteiger partial charge in [0.05, 0.1) is 20.8 Å². The predicted molar refractivity (Wildman–Crippen MR) is 136 cm³/mol. The van der Waals surface area contributed by atoms with E-state index in [0.717, 1.165) is 30.6 Å². The van der Waals surface area contributed by atoms with E-state index in [1.165, 1.54) is 17.8 Å². The predicted octanol–water partition coefficient (Wildman–Crippen LogP) is 4.99.